The van der Waals surface area contributed by atoms with Gasteiger partial charge >= 0.3 is 0 Å². The van der Waals surface area contributed by atoms with E-state index in [1.165, 1.54) is 24.7 Å². The van der Waals surface area contributed by atoms with Crippen LogP contribution in [0.3, 0.4) is 0 Å². The van der Waals surface area contributed by atoms with Gasteiger partial charge in [-0.05, 0) is 26.2 Å². The van der Waals surface area contributed by atoms with Crippen LogP contribution in [0.4, 0.5) is 0 Å². The standard InChI is InChI=1S/C6H14ClNSi/c1-8(2)6-9(7)4-3-5-9/h3-6H2,1-2H3. The maximum Gasteiger partial charge on any atom is 0.170 e. The third-order valence-electron chi connectivity index (χ3n) is 1.85. The summed E-state index contributed by atoms with van der Waals surface area (Å²) in [5.41, 5.74) is 0. The highest BCUT2D eigenvalue weighted by molar-refractivity contribution is 7.21. The minimum absolute atomic E-state index is 1.16. The summed E-state index contributed by atoms with van der Waals surface area (Å²) in [6, 6.07) is 2.68. The maximum absolute atomic E-state index is 6.30. The fourth-order valence-electron chi connectivity index (χ4n) is 1.29. The van der Waals surface area contributed by atoms with E-state index in [-0.39, 0.29) is 0 Å². The van der Waals surface area contributed by atoms with Crippen molar-refractivity contribution in [3.8, 4) is 0 Å². The maximum atomic E-state index is 6.30. The normalized spacial score (nSPS) is 24.0. The molecule has 0 atom stereocenters. The first-order valence-electron chi connectivity index (χ1n) is 3.46. The third-order valence-corrected chi connectivity index (χ3v) is 7.04. The van der Waals surface area contributed by atoms with E-state index in [2.05, 4.69) is 19.0 Å². The predicted molar refractivity (Wildman–Crippen MR) is 44.4 cm³/mol. The average Bonchev–Trinajstić information content (AvgIpc) is 1.60. The highest BCUT2D eigenvalue weighted by atomic mass is 35.6. The second-order valence-corrected chi connectivity index (χ2v) is 9.27. The van der Waals surface area contributed by atoms with Gasteiger partial charge in [0.2, 0.25) is 0 Å². The van der Waals surface area contributed by atoms with Crippen molar-refractivity contribution in [2.24, 2.45) is 0 Å². The molecular weight excluding hydrogens is 150 g/mol. The van der Waals surface area contributed by atoms with Gasteiger partial charge in [0.15, 0.2) is 7.38 Å². The van der Waals surface area contributed by atoms with E-state index in [4.69, 9.17) is 11.1 Å². The van der Waals surface area contributed by atoms with E-state index >= 15 is 0 Å². The van der Waals surface area contributed by atoms with Gasteiger partial charge in [-0.3, -0.25) is 0 Å². The van der Waals surface area contributed by atoms with E-state index in [1.54, 1.807) is 0 Å². The molecule has 0 aromatic carbocycles. The molecule has 0 aromatic rings. The Balaban J connectivity index is 2.24. The molecule has 1 rings (SSSR count). The quantitative estimate of drug-likeness (QED) is 0.443. The van der Waals surface area contributed by atoms with Gasteiger partial charge in [0, 0.05) is 6.17 Å². The van der Waals surface area contributed by atoms with E-state index in [9.17, 15) is 0 Å². The Labute approximate surface area is 62.7 Å². The largest absolute Gasteiger partial charge is 0.311 e. The fraction of sp³-hybridized carbons (Fsp3) is 1.00. The number of halogens is 1. The van der Waals surface area contributed by atoms with Crippen molar-refractivity contribution in [2.75, 3.05) is 20.3 Å². The lowest BCUT2D eigenvalue weighted by molar-refractivity contribution is 0.466. The first-order chi connectivity index (χ1) is 4.12. The van der Waals surface area contributed by atoms with Gasteiger partial charge in [-0.15, -0.1) is 0 Å². The van der Waals surface area contributed by atoms with Crippen LogP contribution in [0.25, 0.3) is 0 Å². The van der Waals surface area contributed by atoms with Gasteiger partial charge in [-0.2, -0.15) is 11.1 Å². The Hall–Kier alpha value is 0.467. The Morgan fingerprint density at radius 3 is 2.11 bits per heavy atom. The molecule has 0 unspecified atom stereocenters. The average molecular weight is 164 g/mol. The second-order valence-electron chi connectivity index (χ2n) is 3.24. The molecule has 0 N–H and O–H groups in total. The minimum atomic E-state index is -1.16. The summed E-state index contributed by atoms with van der Waals surface area (Å²) < 4.78 is 0. The highest BCUT2D eigenvalue weighted by Gasteiger charge is 2.37. The minimum Gasteiger partial charge on any atom is -0.311 e. The van der Waals surface area contributed by atoms with Crippen LogP contribution in [0.1, 0.15) is 6.42 Å². The van der Waals surface area contributed by atoms with Crippen LogP contribution in [0.15, 0.2) is 0 Å². The molecule has 1 aliphatic rings. The molecule has 0 amide bonds. The molecule has 0 spiro atoms. The molecule has 1 aliphatic heterocycles. The van der Waals surface area contributed by atoms with Crippen molar-refractivity contribution in [1.82, 2.24) is 4.90 Å². The third kappa shape index (κ3) is 1.95. The molecule has 0 aliphatic carbocycles. The van der Waals surface area contributed by atoms with Gasteiger partial charge in [-0.25, -0.2) is 0 Å². The molecule has 1 fully saturated rings. The molecule has 54 valence electrons. The summed E-state index contributed by atoms with van der Waals surface area (Å²) in [6.07, 6.45) is 2.55. The van der Waals surface area contributed by atoms with Gasteiger partial charge < -0.3 is 4.90 Å². The topological polar surface area (TPSA) is 3.24 Å². The number of hydrogen-bond donors (Lipinski definition) is 0. The molecular formula is C6H14ClNSi. The van der Waals surface area contributed by atoms with E-state index in [0.29, 0.717) is 0 Å². The van der Waals surface area contributed by atoms with E-state index in [1.807, 2.05) is 0 Å². The monoisotopic (exact) mass is 163 g/mol. The van der Waals surface area contributed by atoms with Crippen molar-refractivity contribution in [2.45, 2.75) is 18.5 Å². The molecule has 0 saturated carbocycles. The summed E-state index contributed by atoms with van der Waals surface area (Å²) in [6.45, 7) is 0. The summed E-state index contributed by atoms with van der Waals surface area (Å²) in [7, 11) is 3.05. The SMILES string of the molecule is CN(C)C[Si]1(Cl)CCC1. The number of rotatable bonds is 2. The van der Waals surface area contributed by atoms with Gasteiger partial charge in [0.05, 0.1) is 0 Å². The fourth-order valence-corrected chi connectivity index (χ4v) is 5.37. The molecule has 3 heteroatoms. The molecule has 0 aromatic heterocycles. The van der Waals surface area contributed by atoms with Crippen LogP contribution < -0.4 is 0 Å². The molecule has 1 heterocycles. The summed E-state index contributed by atoms with van der Waals surface area (Å²) in [5.74, 6) is 0. The number of hydrogen-bond acceptors (Lipinski definition) is 1. The molecule has 1 saturated heterocycles. The zero-order valence-corrected chi connectivity index (χ0v) is 7.91. The van der Waals surface area contributed by atoms with E-state index < -0.39 is 7.38 Å². The first kappa shape index (κ1) is 7.57. The zero-order valence-electron chi connectivity index (χ0n) is 6.15. The predicted octanol–water partition coefficient (Wildman–Crippen LogP) is 1.68. The van der Waals surface area contributed by atoms with Crippen molar-refractivity contribution >= 4 is 18.5 Å². The lowest BCUT2D eigenvalue weighted by Crippen LogP contribution is -2.45. The molecule has 0 bridgehead atoms. The van der Waals surface area contributed by atoms with Crippen molar-refractivity contribution in [3.63, 3.8) is 0 Å². The van der Waals surface area contributed by atoms with Crippen molar-refractivity contribution in [1.29, 1.82) is 0 Å². The smallest absolute Gasteiger partial charge is 0.170 e. The summed E-state index contributed by atoms with van der Waals surface area (Å²) >= 11 is 6.30. The van der Waals surface area contributed by atoms with Crippen LogP contribution in [-0.2, 0) is 0 Å². The first-order valence-corrected chi connectivity index (χ1v) is 7.09. The Morgan fingerprint density at radius 1 is 1.44 bits per heavy atom. The van der Waals surface area contributed by atoms with Gasteiger partial charge in [-0.1, -0.05) is 6.42 Å². The molecule has 1 nitrogen and oxygen atoms in total. The van der Waals surface area contributed by atoms with Crippen molar-refractivity contribution in [3.05, 3.63) is 0 Å². The highest BCUT2D eigenvalue weighted by Crippen LogP contribution is 2.35. The summed E-state index contributed by atoms with van der Waals surface area (Å²) in [5, 5.41) is 0. The van der Waals surface area contributed by atoms with Crippen LogP contribution in [0.2, 0.25) is 12.1 Å². The van der Waals surface area contributed by atoms with Gasteiger partial charge in [0.1, 0.15) is 0 Å². The van der Waals surface area contributed by atoms with Crippen molar-refractivity contribution < 1.29 is 0 Å². The molecule has 9 heavy (non-hydrogen) atoms. The summed E-state index contributed by atoms with van der Waals surface area (Å²) in [4.78, 5) is 2.22. The van der Waals surface area contributed by atoms with E-state index in [0.717, 1.165) is 0 Å². The Bertz CT molecular complexity index is 101. The van der Waals surface area contributed by atoms with Crippen LogP contribution in [0, 0.1) is 0 Å². The van der Waals surface area contributed by atoms with Crippen LogP contribution in [0.5, 0.6) is 0 Å². The molecule has 0 radical (unpaired) electrons. The van der Waals surface area contributed by atoms with Crippen LogP contribution in [-0.4, -0.2) is 32.5 Å². The number of nitrogens with zero attached hydrogens (tertiary/aromatic N) is 1. The zero-order chi connectivity index (χ0) is 6.91. The lowest BCUT2D eigenvalue weighted by Gasteiger charge is -2.35. The van der Waals surface area contributed by atoms with Crippen LogP contribution >= 0.6 is 11.1 Å². The Kier molecular flexibility index (Phi) is 2.19. The lowest BCUT2D eigenvalue weighted by atomic mass is 10.5. The second kappa shape index (κ2) is 2.60. The van der Waals surface area contributed by atoms with Gasteiger partial charge in [0.25, 0.3) is 0 Å². The Morgan fingerprint density at radius 2 is 2.00 bits per heavy atom.